The van der Waals surface area contributed by atoms with Crippen molar-refractivity contribution in [3.63, 3.8) is 0 Å². The quantitative estimate of drug-likeness (QED) is 0.0580. The number of unbranched alkanes of at least 4 members (excludes halogenated alkanes) is 55. The molecular weight excluding hydrogens is 783 g/mol. The monoisotopic (exact) mass is 915 g/mol. The van der Waals surface area contributed by atoms with Crippen molar-refractivity contribution in [1.29, 1.82) is 0 Å². The maximum absolute atomic E-state index is 2.32. The van der Waals surface area contributed by atoms with Crippen LogP contribution in [0.1, 0.15) is 393 Å². The van der Waals surface area contributed by atoms with Crippen molar-refractivity contribution in [3.05, 3.63) is 0 Å². The molecule has 1 nitrogen and oxygen atoms in total. The molecule has 0 unspecified atom stereocenters. The molecule has 0 spiro atoms. The smallest absolute Gasteiger partial charge is 0.0770 e. The maximum Gasteiger partial charge on any atom is 0.0770 e. The molecule has 0 amide bonds. The Morgan fingerprint density at radius 2 is 0.215 bits per heavy atom. The van der Waals surface area contributed by atoms with Gasteiger partial charge in [0.1, 0.15) is 0 Å². The van der Waals surface area contributed by atoms with Gasteiger partial charge in [-0.05, 0) is 38.5 Å². The standard InChI is InChI=1S/C64H131N/c1-4-7-10-13-16-19-22-25-28-31-34-36-39-42-45-48-51-54-57-60-63-65(62-59-56-53-50-47-44-41-38-33-30-27-24-21-18-15-12-9-6-3)64-61-58-55-52-49-46-43-40-37-35-32-29-26-23-20-17-14-11-8-5-2/h4-64H2,1-3H3/p+1. The molecule has 0 radical (unpaired) electrons. The summed E-state index contributed by atoms with van der Waals surface area (Å²) in [6, 6.07) is 0. The highest BCUT2D eigenvalue weighted by Gasteiger charge is 2.09. The fourth-order valence-electron chi connectivity index (χ4n) is 10.9. The molecule has 0 saturated heterocycles. The molecule has 0 heterocycles. The summed E-state index contributed by atoms with van der Waals surface area (Å²) in [5, 5.41) is 0. The average Bonchev–Trinajstić information content (AvgIpc) is 3.32. The van der Waals surface area contributed by atoms with Gasteiger partial charge >= 0.3 is 0 Å². The molecule has 0 fully saturated rings. The Balaban J connectivity index is 3.96. The molecule has 392 valence electrons. The first-order valence-corrected chi connectivity index (χ1v) is 32.2. The molecule has 0 aliphatic carbocycles. The molecule has 65 heavy (non-hydrogen) atoms. The zero-order valence-electron chi connectivity index (χ0n) is 46.6. The van der Waals surface area contributed by atoms with Crippen molar-refractivity contribution in [3.8, 4) is 0 Å². The van der Waals surface area contributed by atoms with Crippen molar-refractivity contribution < 1.29 is 4.90 Å². The summed E-state index contributed by atoms with van der Waals surface area (Å²) in [5.41, 5.74) is 0. The lowest BCUT2D eigenvalue weighted by Crippen LogP contribution is -3.12. The predicted octanol–water partition coefficient (Wildman–Crippen LogP) is 22.6. The highest BCUT2D eigenvalue weighted by atomic mass is 15.1. The third-order valence-corrected chi connectivity index (χ3v) is 15.7. The van der Waals surface area contributed by atoms with E-state index in [4.69, 9.17) is 0 Å². The van der Waals surface area contributed by atoms with Gasteiger partial charge in [-0.1, -0.05) is 355 Å². The summed E-state index contributed by atoms with van der Waals surface area (Å²) >= 11 is 0. The molecule has 0 rings (SSSR count). The Bertz CT molecular complexity index is 731. The van der Waals surface area contributed by atoms with Gasteiger partial charge in [0, 0.05) is 0 Å². The third kappa shape index (κ3) is 60.0. The predicted molar refractivity (Wildman–Crippen MR) is 300 cm³/mol. The van der Waals surface area contributed by atoms with Crippen LogP contribution in [0.2, 0.25) is 0 Å². The molecule has 1 N–H and O–H groups in total. The van der Waals surface area contributed by atoms with Crippen LogP contribution in [0.4, 0.5) is 0 Å². The number of hydrogen-bond donors (Lipinski definition) is 1. The number of rotatable bonds is 61. The van der Waals surface area contributed by atoms with Crippen LogP contribution in [0.15, 0.2) is 0 Å². The first-order chi connectivity index (χ1) is 32.3. The van der Waals surface area contributed by atoms with Crippen LogP contribution in [0, 0.1) is 0 Å². The first-order valence-electron chi connectivity index (χ1n) is 32.2. The second-order valence-electron chi connectivity index (χ2n) is 22.4. The second kappa shape index (κ2) is 62.0. The van der Waals surface area contributed by atoms with E-state index in [1.54, 1.807) is 0 Å². The fourth-order valence-corrected chi connectivity index (χ4v) is 10.9. The van der Waals surface area contributed by atoms with E-state index in [0.717, 1.165) is 0 Å². The van der Waals surface area contributed by atoms with Gasteiger partial charge in [-0.3, -0.25) is 0 Å². The minimum Gasteiger partial charge on any atom is -0.335 e. The van der Waals surface area contributed by atoms with Gasteiger partial charge in [0.25, 0.3) is 0 Å². The maximum atomic E-state index is 2.32. The van der Waals surface area contributed by atoms with Crippen molar-refractivity contribution >= 4 is 0 Å². The van der Waals surface area contributed by atoms with Gasteiger partial charge in [0.2, 0.25) is 0 Å². The Hall–Kier alpha value is -0.0400. The second-order valence-corrected chi connectivity index (χ2v) is 22.4. The molecule has 0 saturated carbocycles. The van der Waals surface area contributed by atoms with Crippen LogP contribution in [0.5, 0.6) is 0 Å². The minimum absolute atomic E-state index is 1.37. The van der Waals surface area contributed by atoms with Crippen LogP contribution >= 0.6 is 0 Å². The van der Waals surface area contributed by atoms with E-state index in [1.807, 2.05) is 4.90 Å². The van der Waals surface area contributed by atoms with Crippen molar-refractivity contribution in [2.24, 2.45) is 0 Å². The molecular formula is C64H132N+. The van der Waals surface area contributed by atoms with E-state index in [2.05, 4.69) is 20.8 Å². The summed E-state index contributed by atoms with van der Waals surface area (Å²) in [6.07, 6.45) is 85.9. The average molecular weight is 916 g/mol. The van der Waals surface area contributed by atoms with Gasteiger partial charge in [-0.2, -0.15) is 0 Å². The van der Waals surface area contributed by atoms with Gasteiger partial charge in [0.05, 0.1) is 19.6 Å². The van der Waals surface area contributed by atoms with E-state index >= 15 is 0 Å². The molecule has 0 aliphatic heterocycles. The Kier molecular flexibility index (Phi) is 61.9. The van der Waals surface area contributed by atoms with Crippen LogP contribution in [-0.4, -0.2) is 19.6 Å². The molecule has 1 heteroatoms. The molecule has 0 aromatic rings. The highest BCUT2D eigenvalue weighted by Crippen LogP contribution is 2.18. The van der Waals surface area contributed by atoms with E-state index in [-0.39, 0.29) is 0 Å². The summed E-state index contributed by atoms with van der Waals surface area (Å²) in [4.78, 5) is 1.96. The van der Waals surface area contributed by atoms with Crippen molar-refractivity contribution in [2.75, 3.05) is 19.6 Å². The SMILES string of the molecule is CCCCCCCCCCCCCCCCCCCCCC[NH+](CCCCCCCCCCCCCCCCCCCC)CCCCCCCCCCCCCCCCCCCCCC. The zero-order valence-corrected chi connectivity index (χ0v) is 46.6. The molecule has 0 aromatic carbocycles. The summed E-state index contributed by atoms with van der Waals surface area (Å²) in [5.74, 6) is 0. The first kappa shape index (κ1) is 65.0. The van der Waals surface area contributed by atoms with Crippen molar-refractivity contribution in [1.82, 2.24) is 0 Å². The molecule has 0 aliphatic rings. The number of quaternary nitrogens is 1. The normalized spacial score (nSPS) is 11.8. The van der Waals surface area contributed by atoms with E-state index < -0.39 is 0 Å². The van der Waals surface area contributed by atoms with Crippen molar-refractivity contribution in [2.45, 2.75) is 393 Å². The highest BCUT2D eigenvalue weighted by molar-refractivity contribution is 4.55. The van der Waals surface area contributed by atoms with Crippen LogP contribution in [-0.2, 0) is 0 Å². The van der Waals surface area contributed by atoms with Gasteiger partial charge in [-0.25, -0.2) is 0 Å². The summed E-state index contributed by atoms with van der Waals surface area (Å²) in [6.45, 7) is 11.3. The lowest BCUT2D eigenvalue weighted by molar-refractivity contribution is -0.900. The van der Waals surface area contributed by atoms with Crippen LogP contribution < -0.4 is 4.90 Å². The molecule has 0 bridgehead atoms. The Morgan fingerprint density at radius 3 is 0.323 bits per heavy atom. The van der Waals surface area contributed by atoms with Gasteiger partial charge < -0.3 is 4.90 Å². The third-order valence-electron chi connectivity index (χ3n) is 15.7. The minimum atomic E-state index is 1.37. The molecule has 0 atom stereocenters. The Labute approximate surface area is 415 Å². The molecule has 0 aromatic heterocycles. The lowest BCUT2D eigenvalue weighted by atomic mass is 10.0. The van der Waals surface area contributed by atoms with Crippen LogP contribution in [0.3, 0.4) is 0 Å². The number of nitrogens with one attached hydrogen (secondary N) is 1. The zero-order chi connectivity index (χ0) is 46.7. The lowest BCUT2D eigenvalue weighted by Gasteiger charge is -2.20. The fraction of sp³-hybridized carbons (Fsp3) is 1.00. The summed E-state index contributed by atoms with van der Waals surface area (Å²) < 4.78 is 0. The van der Waals surface area contributed by atoms with Gasteiger partial charge in [0.15, 0.2) is 0 Å². The topological polar surface area (TPSA) is 4.44 Å². The number of hydrogen-bond acceptors (Lipinski definition) is 0. The summed E-state index contributed by atoms with van der Waals surface area (Å²) in [7, 11) is 0. The Morgan fingerprint density at radius 1 is 0.123 bits per heavy atom. The van der Waals surface area contributed by atoms with Crippen LogP contribution in [0.25, 0.3) is 0 Å². The largest absolute Gasteiger partial charge is 0.335 e. The van der Waals surface area contributed by atoms with E-state index in [1.165, 1.54) is 392 Å². The van der Waals surface area contributed by atoms with E-state index in [9.17, 15) is 0 Å². The van der Waals surface area contributed by atoms with E-state index in [0.29, 0.717) is 0 Å². The van der Waals surface area contributed by atoms with Gasteiger partial charge in [-0.15, -0.1) is 0 Å².